The third kappa shape index (κ3) is 4.29. The molecule has 1 aliphatic carbocycles. The van der Waals surface area contributed by atoms with Crippen LogP contribution in [0.3, 0.4) is 0 Å². The SMILES string of the molecule is Cc1ccccc1CNSN1CCC2(CC1)N=C(C1CCC(C)CC1)NC2=O. The normalized spacial score (nSPS) is 27.6. The average molecular weight is 401 g/mol. The number of carbonyl (C=O) groups is 1. The van der Waals surface area contributed by atoms with Gasteiger partial charge in [-0.05, 0) is 49.7 Å². The van der Waals surface area contributed by atoms with Gasteiger partial charge < -0.3 is 5.32 Å². The summed E-state index contributed by atoms with van der Waals surface area (Å²) in [4.78, 5) is 17.7. The van der Waals surface area contributed by atoms with Gasteiger partial charge in [0, 0.05) is 37.7 Å². The van der Waals surface area contributed by atoms with Crippen molar-refractivity contribution in [3.63, 3.8) is 0 Å². The molecule has 5 nitrogen and oxygen atoms in total. The zero-order valence-electron chi connectivity index (χ0n) is 17.0. The Bertz CT molecular complexity index is 734. The second kappa shape index (κ2) is 8.56. The Hall–Kier alpha value is -1.37. The number of hydrogen-bond donors (Lipinski definition) is 2. The van der Waals surface area contributed by atoms with Gasteiger partial charge in [0.2, 0.25) is 0 Å². The van der Waals surface area contributed by atoms with Crippen LogP contribution in [0.15, 0.2) is 29.3 Å². The molecule has 28 heavy (non-hydrogen) atoms. The van der Waals surface area contributed by atoms with E-state index in [-0.39, 0.29) is 5.91 Å². The van der Waals surface area contributed by atoms with E-state index in [1.807, 2.05) is 0 Å². The molecule has 1 amide bonds. The number of benzene rings is 1. The molecule has 3 aliphatic rings. The molecule has 4 rings (SSSR count). The third-order valence-electron chi connectivity index (χ3n) is 6.67. The Kier molecular flexibility index (Phi) is 6.09. The maximum atomic E-state index is 12.7. The molecular weight excluding hydrogens is 368 g/mol. The zero-order chi connectivity index (χ0) is 19.6. The van der Waals surface area contributed by atoms with Crippen molar-refractivity contribution >= 4 is 23.9 Å². The highest BCUT2D eigenvalue weighted by Crippen LogP contribution is 2.36. The Morgan fingerprint density at radius 2 is 1.93 bits per heavy atom. The Morgan fingerprint density at radius 1 is 1.21 bits per heavy atom. The fourth-order valence-electron chi connectivity index (χ4n) is 4.56. The van der Waals surface area contributed by atoms with Crippen LogP contribution in [0.5, 0.6) is 0 Å². The van der Waals surface area contributed by atoms with Crippen molar-refractivity contribution < 1.29 is 4.79 Å². The van der Waals surface area contributed by atoms with Crippen molar-refractivity contribution in [3.05, 3.63) is 35.4 Å². The Labute approximate surface area is 173 Å². The summed E-state index contributed by atoms with van der Waals surface area (Å²) in [6, 6.07) is 8.47. The predicted molar refractivity (Wildman–Crippen MR) is 116 cm³/mol. The fraction of sp³-hybridized carbons (Fsp3) is 0.636. The standard InChI is InChI=1S/C22H32N4OS/c1-16-7-9-18(10-8-16)20-24-21(27)22(25-20)11-13-26(14-12-22)28-23-15-19-6-4-3-5-17(19)2/h3-6,16,18,23H,7-15H2,1-2H3,(H,24,25,27). The molecule has 1 aromatic carbocycles. The first-order valence-corrected chi connectivity index (χ1v) is 11.4. The van der Waals surface area contributed by atoms with Crippen molar-refractivity contribution in [1.29, 1.82) is 0 Å². The van der Waals surface area contributed by atoms with Gasteiger partial charge in [0.25, 0.3) is 5.91 Å². The second-order valence-corrected chi connectivity index (χ2v) is 9.70. The first-order chi connectivity index (χ1) is 13.6. The first kappa shape index (κ1) is 19.9. The van der Waals surface area contributed by atoms with Crippen LogP contribution >= 0.6 is 12.1 Å². The molecule has 1 spiro atoms. The molecule has 6 heteroatoms. The van der Waals surface area contributed by atoms with Gasteiger partial charge in [0.1, 0.15) is 11.4 Å². The van der Waals surface area contributed by atoms with Gasteiger partial charge in [0.05, 0.1) is 0 Å². The van der Waals surface area contributed by atoms with Crippen LogP contribution < -0.4 is 10.0 Å². The highest BCUT2D eigenvalue weighted by molar-refractivity contribution is 7.95. The molecule has 0 bridgehead atoms. The monoisotopic (exact) mass is 400 g/mol. The lowest BCUT2D eigenvalue weighted by Crippen LogP contribution is -2.48. The van der Waals surface area contributed by atoms with Crippen LogP contribution in [0.1, 0.15) is 56.6 Å². The van der Waals surface area contributed by atoms with Gasteiger partial charge in [-0.25, -0.2) is 9.03 Å². The van der Waals surface area contributed by atoms with Crippen LogP contribution in [-0.4, -0.2) is 34.7 Å². The molecule has 1 saturated heterocycles. The van der Waals surface area contributed by atoms with E-state index in [2.05, 4.69) is 52.5 Å². The van der Waals surface area contributed by atoms with Crippen LogP contribution in [-0.2, 0) is 11.3 Å². The van der Waals surface area contributed by atoms with E-state index in [9.17, 15) is 4.79 Å². The predicted octanol–water partition coefficient (Wildman–Crippen LogP) is 3.84. The van der Waals surface area contributed by atoms with E-state index >= 15 is 0 Å². The number of nitrogens with one attached hydrogen (secondary N) is 2. The van der Waals surface area contributed by atoms with E-state index in [0.29, 0.717) is 5.92 Å². The van der Waals surface area contributed by atoms with Gasteiger partial charge in [-0.3, -0.25) is 9.79 Å². The third-order valence-corrected chi connectivity index (χ3v) is 7.57. The molecule has 1 saturated carbocycles. The van der Waals surface area contributed by atoms with Crippen molar-refractivity contribution in [2.75, 3.05) is 13.1 Å². The van der Waals surface area contributed by atoms with E-state index in [1.165, 1.54) is 36.8 Å². The minimum atomic E-state index is -0.508. The van der Waals surface area contributed by atoms with Gasteiger partial charge in [-0.2, -0.15) is 0 Å². The summed E-state index contributed by atoms with van der Waals surface area (Å²) in [5.74, 6) is 2.40. The molecule has 152 valence electrons. The van der Waals surface area contributed by atoms with Crippen molar-refractivity contribution in [3.8, 4) is 0 Å². The lowest BCUT2D eigenvalue weighted by molar-refractivity contribution is -0.124. The van der Waals surface area contributed by atoms with E-state index in [0.717, 1.165) is 44.2 Å². The van der Waals surface area contributed by atoms with Gasteiger partial charge in [-0.15, -0.1) is 0 Å². The Balaban J connectivity index is 1.28. The summed E-state index contributed by atoms with van der Waals surface area (Å²) in [7, 11) is 0. The van der Waals surface area contributed by atoms with Crippen LogP contribution in [0, 0.1) is 18.8 Å². The summed E-state index contributed by atoms with van der Waals surface area (Å²) < 4.78 is 5.80. The summed E-state index contributed by atoms with van der Waals surface area (Å²) in [6.45, 7) is 7.09. The second-order valence-electron chi connectivity index (χ2n) is 8.71. The summed E-state index contributed by atoms with van der Waals surface area (Å²) in [6.07, 6.45) is 6.46. The van der Waals surface area contributed by atoms with Crippen LogP contribution in [0.25, 0.3) is 0 Å². The number of rotatable bonds is 5. The van der Waals surface area contributed by atoms with Gasteiger partial charge in [0.15, 0.2) is 0 Å². The molecule has 1 aromatic rings. The van der Waals surface area contributed by atoms with Gasteiger partial charge >= 0.3 is 0 Å². The summed E-state index contributed by atoms with van der Waals surface area (Å²) in [5.41, 5.74) is 2.13. The maximum Gasteiger partial charge on any atom is 0.253 e. The topological polar surface area (TPSA) is 56.7 Å². The molecule has 2 heterocycles. The highest BCUT2D eigenvalue weighted by atomic mass is 32.2. The minimum Gasteiger partial charge on any atom is -0.312 e. The zero-order valence-corrected chi connectivity index (χ0v) is 17.9. The van der Waals surface area contributed by atoms with E-state index in [4.69, 9.17) is 4.99 Å². The molecule has 0 unspecified atom stereocenters. The van der Waals surface area contributed by atoms with Crippen molar-refractivity contribution in [2.24, 2.45) is 16.8 Å². The number of aryl methyl sites for hydroxylation is 1. The number of piperidine rings is 1. The highest BCUT2D eigenvalue weighted by Gasteiger charge is 2.47. The summed E-state index contributed by atoms with van der Waals surface area (Å²) in [5, 5.41) is 3.15. The Morgan fingerprint density at radius 3 is 2.64 bits per heavy atom. The largest absolute Gasteiger partial charge is 0.312 e. The van der Waals surface area contributed by atoms with Crippen molar-refractivity contribution in [1.82, 2.24) is 14.3 Å². The average Bonchev–Trinajstić information content (AvgIpc) is 3.01. The molecule has 0 radical (unpaired) electrons. The fourth-order valence-corrected chi connectivity index (χ4v) is 5.33. The summed E-state index contributed by atoms with van der Waals surface area (Å²) >= 11 is 1.68. The molecule has 0 aromatic heterocycles. The number of hydrogen-bond acceptors (Lipinski definition) is 5. The quantitative estimate of drug-likeness (QED) is 0.738. The lowest BCUT2D eigenvalue weighted by atomic mass is 9.82. The smallest absolute Gasteiger partial charge is 0.253 e. The number of nitrogens with zero attached hydrogens (tertiary/aromatic N) is 2. The van der Waals surface area contributed by atoms with E-state index < -0.39 is 5.54 Å². The number of amides is 1. The molecule has 2 aliphatic heterocycles. The van der Waals surface area contributed by atoms with Crippen molar-refractivity contribution in [2.45, 2.75) is 64.5 Å². The lowest BCUT2D eigenvalue weighted by Gasteiger charge is -2.34. The first-order valence-electron chi connectivity index (χ1n) is 10.7. The van der Waals surface area contributed by atoms with Crippen LogP contribution in [0.4, 0.5) is 0 Å². The van der Waals surface area contributed by atoms with E-state index in [1.54, 1.807) is 12.1 Å². The maximum absolute atomic E-state index is 12.7. The minimum absolute atomic E-state index is 0.138. The number of amidine groups is 1. The molecule has 2 N–H and O–H groups in total. The molecule has 2 fully saturated rings. The molecule has 0 atom stereocenters. The van der Waals surface area contributed by atoms with Gasteiger partial charge in [-0.1, -0.05) is 44.0 Å². The number of carbonyl (C=O) groups excluding carboxylic acids is 1. The molecular formula is C22H32N4OS. The number of aliphatic imine (C=N–C) groups is 1. The van der Waals surface area contributed by atoms with Crippen LogP contribution in [0.2, 0.25) is 0 Å².